The second-order valence-corrected chi connectivity index (χ2v) is 7.40. The van der Waals surface area contributed by atoms with Crippen LogP contribution in [0.1, 0.15) is 5.56 Å². The maximum atomic E-state index is 14.8. The summed E-state index contributed by atoms with van der Waals surface area (Å²) in [6, 6.07) is 8.80. The number of hydrogen-bond acceptors (Lipinski definition) is 7. The van der Waals surface area contributed by atoms with Crippen molar-refractivity contribution in [1.29, 1.82) is 5.26 Å². The smallest absolute Gasteiger partial charge is 0.187 e. The molecule has 3 aromatic rings. The van der Waals surface area contributed by atoms with Gasteiger partial charge in [-0.1, -0.05) is 23.9 Å². The molecule has 0 spiro atoms. The molecule has 0 fully saturated rings. The molecule has 0 unspecified atom stereocenters. The molecule has 0 atom stereocenters. The first-order valence-corrected chi connectivity index (χ1v) is 9.68. The quantitative estimate of drug-likeness (QED) is 0.411. The van der Waals surface area contributed by atoms with Gasteiger partial charge >= 0.3 is 0 Å². The van der Waals surface area contributed by atoms with Crippen LogP contribution in [0.3, 0.4) is 0 Å². The van der Waals surface area contributed by atoms with Crippen LogP contribution in [0.5, 0.6) is 0 Å². The third-order valence-corrected chi connectivity index (χ3v) is 5.70. The molecule has 132 valence electrons. The second-order valence-electron chi connectivity index (χ2n) is 5.63. The first kappa shape index (κ1) is 18.2. The summed E-state index contributed by atoms with van der Waals surface area (Å²) in [6.07, 6.45) is 3.55. The minimum Gasteiger partial charge on any atom is -0.396 e. The molecule has 2 aromatic heterocycles. The summed E-state index contributed by atoms with van der Waals surface area (Å²) >= 11 is 2.82. The zero-order valence-electron chi connectivity index (χ0n) is 14.4. The molecule has 0 saturated carbocycles. The Morgan fingerprint density at radius 1 is 1.31 bits per heavy atom. The fraction of sp³-hybridized carbons (Fsp3) is 0.167. The summed E-state index contributed by atoms with van der Waals surface area (Å²) in [4.78, 5) is 11.3. The minimum atomic E-state index is -0.535. The van der Waals surface area contributed by atoms with Crippen LogP contribution in [-0.2, 0) is 0 Å². The van der Waals surface area contributed by atoms with E-state index in [9.17, 15) is 9.65 Å². The monoisotopic (exact) mass is 385 g/mol. The molecule has 2 N–H and O–H groups in total. The molecular formula is C18H16FN5S2. The highest BCUT2D eigenvalue weighted by atomic mass is 32.2. The molecule has 2 heterocycles. The van der Waals surface area contributed by atoms with E-state index in [0.29, 0.717) is 32.4 Å². The predicted molar refractivity (Wildman–Crippen MR) is 106 cm³/mol. The van der Waals surface area contributed by atoms with Crippen LogP contribution >= 0.6 is 23.1 Å². The molecule has 0 aliphatic heterocycles. The molecule has 3 rings (SSSR count). The van der Waals surface area contributed by atoms with E-state index in [1.54, 1.807) is 24.4 Å². The Labute approximate surface area is 159 Å². The molecule has 0 aliphatic rings. The van der Waals surface area contributed by atoms with Gasteiger partial charge in [-0.05, 0) is 18.4 Å². The van der Waals surface area contributed by atoms with Crippen LogP contribution in [0, 0.1) is 17.1 Å². The summed E-state index contributed by atoms with van der Waals surface area (Å²) in [7, 11) is 3.70. The van der Waals surface area contributed by atoms with E-state index in [4.69, 9.17) is 5.73 Å². The van der Waals surface area contributed by atoms with Gasteiger partial charge in [-0.2, -0.15) is 5.26 Å². The molecule has 0 saturated heterocycles. The average Bonchev–Trinajstić information content (AvgIpc) is 3.03. The van der Waals surface area contributed by atoms with Crippen molar-refractivity contribution in [3.8, 4) is 27.8 Å². The van der Waals surface area contributed by atoms with E-state index in [2.05, 4.69) is 16.0 Å². The van der Waals surface area contributed by atoms with Gasteiger partial charge in [0.25, 0.3) is 0 Å². The normalized spacial score (nSPS) is 10.6. The molecule has 5 nitrogen and oxygen atoms in total. The number of halogens is 1. The van der Waals surface area contributed by atoms with Crippen LogP contribution in [-0.4, -0.2) is 30.3 Å². The lowest BCUT2D eigenvalue weighted by atomic mass is 9.99. The Bertz CT molecular complexity index is 1010. The van der Waals surface area contributed by atoms with E-state index < -0.39 is 5.82 Å². The Morgan fingerprint density at radius 3 is 2.73 bits per heavy atom. The number of nitrogen functional groups attached to an aromatic ring is 1. The standard InChI is InChI=1S/C18H16FN5S2/c1-24(2)17-11(9-20)14(10-5-4-6-12(21)15(10)19)16(26-17)13-7-8-22-18(23-13)25-3/h4-8H,21H2,1-3H3. The highest BCUT2D eigenvalue weighted by molar-refractivity contribution is 7.98. The first-order chi connectivity index (χ1) is 12.5. The van der Waals surface area contributed by atoms with E-state index in [1.807, 2.05) is 25.3 Å². The van der Waals surface area contributed by atoms with Gasteiger partial charge in [0.1, 0.15) is 11.1 Å². The summed E-state index contributed by atoms with van der Waals surface area (Å²) in [6.45, 7) is 0. The van der Waals surface area contributed by atoms with Crippen molar-refractivity contribution in [2.24, 2.45) is 0 Å². The Kier molecular flexibility index (Phi) is 5.11. The van der Waals surface area contributed by atoms with Gasteiger partial charge in [0, 0.05) is 31.4 Å². The number of nitriles is 1. The highest BCUT2D eigenvalue weighted by Gasteiger charge is 2.25. The van der Waals surface area contributed by atoms with E-state index in [1.165, 1.54) is 29.2 Å². The number of nitrogens with two attached hydrogens (primary N) is 1. The Morgan fingerprint density at radius 2 is 2.08 bits per heavy atom. The van der Waals surface area contributed by atoms with E-state index in [0.717, 1.165) is 5.00 Å². The lowest BCUT2D eigenvalue weighted by molar-refractivity contribution is 0.636. The molecule has 0 bridgehead atoms. The molecular weight excluding hydrogens is 369 g/mol. The topological polar surface area (TPSA) is 78.8 Å². The SMILES string of the molecule is CSc1nccc(-c2sc(N(C)C)c(C#N)c2-c2cccc(N)c2F)n1. The van der Waals surface area contributed by atoms with Gasteiger partial charge in [0.05, 0.1) is 21.8 Å². The van der Waals surface area contributed by atoms with Crippen molar-refractivity contribution < 1.29 is 4.39 Å². The number of thioether (sulfide) groups is 1. The maximum absolute atomic E-state index is 14.8. The number of benzene rings is 1. The fourth-order valence-electron chi connectivity index (χ4n) is 2.58. The van der Waals surface area contributed by atoms with Crippen molar-refractivity contribution in [3.63, 3.8) is 0 Å². The third kappa shape index (κ3) is 3.11. The first-order valence-electron chi connectivity index (χ1n) is 7.63. The summed E-state index contributed by atoms with van der Waals surface area (Å²) in [5.41, 5.74) is 7.66. The zero-order chi connectivity index (χ0) is 18.8. The number of anilines is 2. The molecule has 0 amide bonds. The minimum absolute atomic E-state index is 0.0439. The van der Waals surface area contributed by atoms with Crippen molar-refractivity contribution in [2.75, 3.05) is 31.0 Å². The van der Waals surface area contributed by atoms with Gasteiger partial charge in [0.2, 0.25) is 0 Å². The van der Waals surface area contributed by atoms with Crippen molar-refractivity contribution in [2.45, 2.75) is 5.16 Å². The Balaban J connectivity index is 2.37. The number of nitrogens with zero attached hydrogens (tertiary/aromatic N) is 4. The molecule has 26 heavy (non-hydrogen) atoms. The van der Waals surface area contributed by atoms with Crippen molar-refractivity contribution in [3.05, 3.63) is 41.8 Å². The summed E-state index contributed by atoms with van der Waals surface area (Å²) < 4.78 is 14.8. The van der Waals surface area contributed by atoms with Crippen molar-refractivity contribution >= 4 is 33.8 Å². The number of thiophene rings is 1. The maximum Gasteiger partial charge on any atom is 0.187 e. The van der Waals surface area contributed by atoms with Crippen LogP contribution in [0.25, 0.3) is 21.7 Å². The zero-order valence-corrected chi connectivity index (χ0v) is 16.1. The molecule has 8 heteroatoms. The van der Waals surface area contributed by atoms with Gasteiger partial charge in [-0.15, -0.1) is 11.3 Å². The fourth-order valence-corrected chi connectivity index (χ4v) is 4.10. The Hall–Kier alpha value is -2.63. The number of aromatic nitrogens is 2. The predicted octanol–water partition coefficient (Wildman–Crippen LogP) is 4.25. The molecule has 0 aliphatic carbocycles. The van der Waals surface area contributed by atoms with E-state index >= 15 is 0 Å². The number of rotatable bonds is 4. The van der Waals surface area contributed by atoms with E-state index in [-0.39, 0.29) is 5.69 Å². The lowest BCUT2D eigenvalue weighted by Crippen LogP contribution is -2.08. The lowest BCUT2D eigenvalue weighted by Gasteiger charge is -2.10. The number of hydrogen-bond donors (Lipinski definition) is 1. The molecule has 1 aromatic carbocycles. The summed E-state index contributed by atoms with van der Waals surface area (Å²) in [5.74, 6) is -0.535. The molecule has 0 radical (unpaired) electrons. The largest absolute Gasteiger partial charge is 0.396 e. The van der Waals surface area contributed by atoms with Gasteiger partial charge < -0.3 is 10.6 Å². The van der Waals surface area contributed by atoms with Gasteiger partial charge in [0.15, 0.2) is 11.0 Å². The highest BCUT2D eigenvalue weighted by Crippen LogP contribution is 2.47. The van der Waals surface area contributed by atoms with Gasteiger partial charge in [-0.25, -0.2) is 14.4 Å². The summed E-state index contributed by atoms with van der Waals surface area (Å²) in [5, 5.41) is 11.1. The van der Waals surface area contributed by atoms with Crippen molar-refractivity contribution in [1.82, 2.24) is 9.97 Å². The van der Waals surface area contributed by atoms with Gasteiger partial charge in [-0.3, -0.25) is 0 Å². The average molecular weight is 385 g/mol. The third-order valence-electron chi connectivity index (χ3n) is 3.75. The van der Waals surface area contributed by atoms with Crippen LogP contribution in [0.15, 0.2) is 35.6 Å². The second kappa shape index (κ2) is 7.32. The van der Waals surface area contributed by atoms with Crippen LogP contribution in [0.4, 0.5) is 15.1 Å². The van der Waals surface area contributed by atoms with Crippen LogP contribution in [0.2, 0.25) is 0 Å². The van der Waals surface area contributed by atoms with Crippen LogP contribution < -0.4 is 10.6 Å².